The van der Waals surface area contributed by atoms with E-state index in [1.807, 2.05) is 19.1 Å². The average molecular weight is 289 g/mol. The van der Waals surface area contributed by atoms with Crippen LogP contribution in [0.2, 0.25) is 5.02 Å². The van der Waals surface area contributed by atoms with Crippen LogP contribution >= 0.6 is 11.6 Å². The van der Waals surface area contributed by atoms with Crippen molar-refractivity contribution < 1.29 is 4.39 Å². The number of benzene rings is 2. The van der Waals surface area contributed by atoms with Crippen LogP contribution in [0.5, 0.6) is 0 Å². The highest BCUT2D eigenvalue weighted by Crippen LogP contribution is 2.19. The van der Waals surface area contributed by atoms with Crippen molar-refractivity contribution in [3.05, 3.63) is 70.0 Å². The molecule has 0 aromatic heterocycles. The highest BCUT2D eigenvalue weighted by Gasteiger charge is 2.09. The minimum absolute atomic E-state index is 0.0566. The summed E-state index contributed by atoms with van der Waals surface area (Å²) in [7, 11) is 0. The summed E-state index contributed by atoms with van der Waals surface area (Å²) >= 11 is 5.75. The van der Waals surface area contributed by atoms with Crippen molar-refractivity contribution in [1.29, 1.82) is 5.26 Å². The minimum Gasteiger partial charge on any atom is -0.306 e. The van der Waals surface area contributed by atoms with Crippen LogP contribution in [0.1, 0.15) is 29.7 Å². The third kappa shape index (κ3) is 3.36. The van der Waals surface area contributed by atoms with E-state index in [0.29, 0.717) is 17.7 Å². The minimum atomic E-state index is -0.381. The van der Waals surface area contributed by atoms with Gasteiger partial charge in [0, 0.05) is 18.2 Å². The third-order valence-electron chi connectivity index (χ3n) is 3.17. The number of halogens is 2. The summed E-state index contributed by atoms with van der Waals surface area (Å²) in [6, 6.07) is 14.4. The summed E-state index contributed by atoms with van der Waals surface area (Å²) in [6.45, 7) is 2.39. The van der Waals surface area contributed by atoms with Crippen LogP contribution in [-0.2, 0) is 6.54 Å². The summed E-state index contributed by atoms with van der Waals surface area (Å²) in [5.74, 6) is -0.381. The number of nitriles is 1. The van der Waals surface area contributed by atoms with Gasteiger partial charge in [-0.3, -0.25) is 0 Å². The third-order valence-corrected chi connectivity index (χ3v) is 3.46. The number of hydrogen-bond acceptors (Lipinski definition) is 2. The van der Waals surface area contributed by atoms with Crippen LogP contribution in [0, 0.1) is 17.1 Å². The van der Waals surface area contributed by atoms with Gasteiger partial charge in [0.15, 0.2) is 0 Å². The molecule has 0 aliphatic carbocycles. The van der Waals surface area contributed by atoms with E-state index in [2.05, 4.69) is 11.4 Å². The molecule has 0 amide bonds. The normalized spacial score (nSPS) is 11.9. The molecule has 0 saturated carbocycles. The molecule has 2 aromatic rings. The van der Waals surface area contributed by atoms with E-state index in [-0.39, 0.29) is 16.9 Å². The fraction of sp³-hybridized carbons (Fsp3) is 0.188. The van der Waals surface area contributed by atoms with Gasteiger partial charge in [-0.25, -0.2) is 4.39 Å². The van der Waals surface area contributed by atoms with Gasteiger partial charge in [0.25, 0.3) is 0 Å². The lowest BCUT2D eigenvalue weighted by Gasteiger charge is -2.15. The molecule has 0 radical (unpaired) electrons. The Kier molecular flexibility index (Phi) is 4.73. The molecule has 0 aliphatic heterocycles. The van der Waals surface area contributed by atoms with Crippen LogP contribution in [0.3, 0.4) is 0 Å². The van der Waals surface area contributed by atoms with Crippen molar-refractivity contribution in [2.45, 2.75) is 19.5 Å². The van der Waals surface area contributed by atoms with Crippen LogP contribution in [-0.4, -0.2) is 0 Å². The molecule has 1 atom stereocenters. The standard InChI is InChI=1S/C16H14ClFN2/c1-11(13-7-5-12(9-19)6-8-13)20-10-14-3-2-4-15(17)16(14)18/h2-8,11,20H,10H2,1H3. The Labute approximate surface area is 122 Å². The molecule has 2 aromatic carbocycles. The molecule has 2 rings (SSSR count). The maximum absolute atomic E-state index is 13.7. The van der Waals surface area contributed by atoms with Crippen molar-refractivity contribution in [1.82, 2.24) is 5.32 Å². The summed E-state index contributed by atoms with van der Waals surface area (Å²) in [4.78, 5) is 0. The second-order valence-electron chi connectivity index (χ2n) is 4.55. The molecule has 0 fully saturated rings. The summed E-state index contributed by atoms with van der Waals surface area (Å²) in [5, 5.41) is 12.1. The molecule has 1 N–H and O–H groups in total. The molecule has 0 bridgehead atoms. The van der Waals surface area contributed by atoms with Gasteiger partial charge in [0.2, 0.25) is 0 Å². The highest BCUT2D eigenvalue weighted by molar-refractivity contribution is 6.30. The molecule has 0 heterocycles. The van der Waals surface area contributed by atoms with Gasteiger partial charge < -0.3 is 5.32 Å². The van der Waals surface area contributed by atoms with Crippen LogP contribution in [0.4, 0.5) is 4.39 Å². The second kappa shape index (κ2) is 6.51. The topological polar surface area (TPSA) is 35.8 Å². The molecular weight excluding hydrogens is 275 g/mol. The predicted molar refractivity (Wildman–Crippen MR) is 77.8 cm³/mol. The van der Waals surface area contributed by atoms with Crippen LogP contribution in [0.15, 0.2) is 42.5 Å². The van der Waals surface area contributed by atoms with Gasteiger partial charge in [-0.15, -0.1) is 0 Å². The number of nitrogens with zero attached hydrogens (tertiary/aromatic N) is 1. The molecule has 2 nitrogen and oxygen atoms in total. The van der Waals surface area contributed by atoms with Crippen molar-refractivity contribution in [3.63, 3.8) is 0 Å². The lowest BCUT2D eigenvalue weighted by molar-refractivity contribution is 0.544. The highest BCUT2D eigenvalue weighted by atomic mass is 35.5. The Balaban J connectivity index is 2.03. The predicted octanol–water partition coefficient (Wildman–Crippen LogP) is 4.20. The van der Waals surface area contributed by atoms with Crippen LogP contribution < -0.4 is 5.32 Å². The number of rotatable bonds is 4. The monoisotopic (exact) mass is 288 g/mol. The molecule has 0 spiro atoms. The van der Waals surface area contributed by atoms with Gasteiger partial charge >= 0.3 is 0 Å². The molecule has 20 heavy (non-hydrogen) atoms. The average Bonchev–Trinajstić information content (AvgIpc) is 2.48. The van der Waals surface area contributed by atoms with Gasteiger partial charge in [0.05, 0.1) is 16.7 Å². The zero-order valence-electron chi connectivity index (χ0n) is 11.0. The van der Waals surface area contributed by atoms with E-state index in [4.69, 9.17) is 16.9 Å². The van der Waals surface area contributed by atoms with Crippen molar-refractivity contribution in [2.75, 3.05) is 0 Å². The molecule has 0 aliphatic rings. The van der Waals surface area contributed by atoms with Gasteiger partial charge in [-0.1, -0.05) is 35.9 Å². The molecule has 4 heteroatoms. The first-order valence-electron chi connectivity index (χ1n) is 6.28. The fourth-order valence-electron chi connectivity index (χ4n) is 1.91. The number of nitrogens with one attached hydrogen (secondary N) is 1. The first-order valence-corrected chi connectivity index (χ1v) is 6.66. The largest absolute Gasteiger partial charge is 0.306 e. The summed E-state index contributed by atoms with van der Waals surface area (Å²) in [6.07, 6.45) is 0. The van der Waals surface area contributed by atoms with E-state index in [0.717, 1.165) is 5.56 Å². The van der Waals surface area contributed by atoms with E-state index in [9.17, 15) is 4.39 Å². The molecular formula is C16H14ClFN2. The van der Waals surface area contributed by atoms with E-state index >= 15 is 0 Å². The first kappa shape index (κ1) is 14.5. The molecule has 102 valence electrons. The fourth-order valence-corrected chi connectivity index (χ4v) is 2.11. The van der Waals surface area contributed by atoms with Gasteiger partial charge in [-0.05, 0) is 30.7 Å². The Morgan fingerprint density at radius 2 is 1.95 bits per heavy atom. The summed E-state index contributed by atoms with van der Waals surface area (Å²) < 4.78 is 13.7. The van der Waals surface area contributed by atoms with E-state index in [1.165, 1.54) is 6.07 Å². The van der Waals surface area contributed by atoms with Crippen molar-refractivity contribution in [2.24, 2.45) is 0 Å². The summed E-state index contributed by atoms with van der Waals surface area (Å²) in [5.41, 5.74) is 2.21. The second-order valence-corrected chi connectivity index (χ2v) is 4.96. The van der Waals surface area contributed by atoms with E-state index < -0.39 is 0 Å². The SMILES string of the molecule is CC(NCc1cccc(Cl)c1F)c1ccc(C#N)cc1. The van der Waals surface area contributed by atoms with Crippen molar-refractivity contribution >= 4 is 11.6 Å². The van der Waals surface area contributed by atoms with Gasteiger partial charge in [-0.2, -0.15) is 5.26 Å². The molecule has 1 unspecified atom stereocenters. The zero-order valence-corrected chi connectivity index (χ0v) is 11.8. The Morgan fingerprint density at radius 3 is 2.60 bits per heavy atom. The Bertz CT molecular complexity index is 632. The van der Waals surface area contributed by atoms with Crippen molar-refractivity contribution in [3.8, 4) is 6.07 Å². The maximum Gasteiger partial charge on any atom is 0.146 e. The maximum atomic E-state index is 13.7. The Hall–Kier alpha value is -1.89. The smallest absolute Gasteiger partial charge is 0.146 e. The zero-order chi connectivity index (χ0) is 14.5. The first-order chi connectivity index (χ1) is 9.61. The van der Waals surface area contributed by atoms with Crippen LogP contribution in [0.25, 0.3) is 0 Å². The Morgan fingerprint density at radius 1 is 1.25 bits per heavy atom. The number of hydrogen-bond donors (Lipinski definition) is 1. The quantitative estimate of drug-likeness (QED) is 0.915. The molecule has 0 saturated heterocycles. The van der Waals surface area contributed by atoms with Gasteiger partial charge in [0.1, 0.15) is 5.82 Å². The lowest BCUT2D eigenvalue weighted by atomic mass is 10.1. The van der Waals surface area contributed by atoms with E-state index in [1.54, 1.807) is 24.3 Å². The lowest BCUT2D eigenvalue weighted by Crippen LogP contribution is -2.18.